The van der Waals surface area contributed by atoms with Crippen LogP contribution in [0.1, 0.15) is 0 Å². The topological polar surface area (TPSA) is 27.7 Å². The summed E-state index contributed by atoms with van der Waals surface area (Å²) in [5.74, 6) is 0. The van der Waals surface area contributed by atoms with E-state index in [4.69, 9.17) is 5.26 Å². The smallest absolute Gasteiger partial charge is 0.170 e. The fraction of sp³-hybridized carbons (Fsp3) is 0.200. The number of rotatable bonds is 3. The second kappa shape index (κ2) is 5.39. The number of nitriles is 1. The van der Waals surface area contributed by atoms with Crippen molar-refractivity contribution in [1.29, 1.82) is 5.26 Å². The molecule has 0 spiro atoms. The molecule has 1 heterocycles. The van der Waals surface area contributed by atoms with Crippen LogP contribution in [-0.2, 0) is 6.54 Å². The highest BCUT2D eigenvalue weighted by Gasteiger charge is 1.96. The lowest BCUT2D eigenvalue weighted by molar-refractivity contribution is -0.687. The molecule has 2 nitrogen and oxygen atoms in total. The van der Waals surface area contributed by atoms with E-state index in [0.29, 0.717) is 0 Å². The van der Waals surface area contributed by atoms with Gasteiger partial charge in [-0.25, -0.2) is 4.57 Å². The summed E-state index contributed by atoms with van der Waals surface area (Å²) < 4.78 is 2.02. The van der Waals surface area contributed by atoms with Crippen LogP contribution in [0.5, 0.6) is 0 Å². The lowest BCUT2D eigenvalue weighted by Crippen LogP contribution is -2.31. The van der Waals surface area contributed by atoms with Crippen LogP contribution < -0.4 is 4.57 Å². The van der Waals surface area contributed by atoms with Gasteiger partial charge in [-0.1, -0.05) is 0 Å². The van der Waals surface area contributed by atoms with Crippen LogP contribution in [0.25, 0.3) is 0 Å². The molecular weight excluding hydrogens is 180 g/mol. The molecule has 0 aromatic carbocycles. The average molecular weight is 191 g/mol. The fourth-order valence-electron chi connectivity index (χ4n) is 0.929. The van der Waals surface area contributed by atoms with Crippen LogP contribution in [0.15, 0.2) is 41.6 Å². The van der Waals surface area contributed by atoms with Crippen molar-refractivity contribution in [3.05, 3.63) is 36.7 Å². The van der Waals surface area contributed by atoms with E-state index in [1.807, 2.05) is 29.1 Å². The Morgan fingerprint density at radius 1 is 1.54 bits per heavy atom. The third-order valence-electron chi connectivity index (χ3n) is 1.60. The molecule has 1 aromatic heterocycles. The Bertz CT molecular complexity index is 322. The van der Waals surface area contributed by atoms with Gasteiger partial charge in [0.05, 0.1) is 6.07 Å². The molecule has 1 aromatic rings. The van der Waals surface area contributed by atoms with Crippen molar-refractivity contribution in [2.24, 2.45) is 0 Å². The highest BCUT2D eigenvalue weighted by molar-refractivity contribution is 7.98. The predicted octanol–water partition coefficient (Wildman–Crippen LogP) is 1.78. The van der Waals surface area contributed by atoms with Crippen LogP contribution in [-0.4, -0.2) is 6.26 Å². The standard InChI is InChI=1S/C10H11N2S/c1-13-10-4-8-12(9-5-10)7-3-2-6-11/h2-5,8-9H,7H2,1H3/q+1/b3-2+. The number of hydrogen-bond acceptors (Lipinski definition) is 2. The predicted molar refractivity (Wildman–Crippen MR) is 53.2 cm³/mol. The molecule has 0 saturated carbocycles. The largest absolute Gasteiger partial charge is 0.201 e. The van der Waals surface area contributed by atoms with Gasteiger partial charge in [0, 0.05) is 23.1 Å². The quantitative estimate of drug-likeness (QED) is 0.414. The lowest BCUT2D eigenvalue weighted by Gasteiger charge is -1.93. The molecule has 0 unspecified atom stereocenters. The van der Waals surface area contributed by atoms with Gasteiger partial charge in [-0.05, 0) is 12.3 Å². The molecule has 0 bridgehead atoms. The van der Waals surface area contributed by atoms with Gasteiger partial charge in [0.15, 0.2) is 18.9 Å². The number of nitrogens with zero attached hydrogens (tertiary/aromatic N) is 2. The molecule has 0 radical (unpaired) electrons. The Hall–Kier alpha value is -1.27. The van der Waals surface area contributed by atoms with Crippen LogP contribution >= 0.6 is 11.8 Å². The summed E-state index contributed by atoms with van der Waals surface area (Å²) in [5, 5.41) is 8.28. The van der Waals surface area contributed by atoms with Gasteiger partial charge in [0.2, 0.25) is 0 Å². The van der Waals surface area contributed by atoms with Crippen molar-refractivity contribution in [3.8, 4) is 6.07 Å². The van der Waals surface area contributed by atoms with Gasteiger partial charge in [-0.2, -0.15) is 5.26 Å². The Balaban J connectivity index is 2.60. The fourth-order valence-corrected chi connectivity index (χ4v) is 1.32. The van der Waals surface area contributed by atoms with Gasteiger partial charge in [0.1, 0.15) is 0 Å². The monoisotopic (exact) mass is 191 g/mol. The zero-order valence-electron chi connectivity index (χ0n) is 7.47. The Labute approximate surface area is 82.5 Å². The molecule has 1 rings (SSSR count). The highest BCUT2D eigenvalue weighted by atomic mass is 32.2. The maximum absolute atomic E-state index is 8.28. The minimum atomic E-state index is 0.752. The first-order valence-electron chi connectivity index (χ1n) is 3.94. The second-order valence-corrected chi connectivity index (χ2v) is 3.35. The third-order valence-corrected chi connectivity index (χ3v) is 2.35. The van der Waals surface area contributed by atoms with Gasteiger partial charge in [0.25, 0.3) is 0 Å². The summed E-state index contributed by atoms with van der Waals surface area (Å²) in [4.78, 5) is 1.25. The number of thioether (sulfide) groups is 1. The van der Waals surface area contributed by atoms with Gasteiger partial charge in [-0.15, -0.1) is 11.8 Å². The first kappa shape index (κ1) is 9.82. The minimum Gasteiger partial charge on any atom is -0.201 e. The summed E-state index contributed by atoms with van der Waals surface area (Å²) in [6, 6.07) is 6.08. The molecular formula is C10H11N2S+. The second-order valence-electron chi connectivity index (χ2n) is 2.47. The zero-order valence-corrected chi connectivity index (χ0v) is 8.29. The first-order chi connectivity index (χ1) is 6.36. The number of allylic oxidation sites excluding steroid dienone is 2. The first-order valence-corrected chi connectivity index (χ1v) is 5.17. The summed E-state index contributed by atoms with van der Waals surface area (Å²) in [6.07, 6.45) is 9.39. The summed E-state index contributed by atoms with van der Waals surface area (Å²) in [5.41, 5.74) is 0. The van der Waals surface area contributed by atoms with Crippen molar-refractivity contribution in [2.75, 3.05) is 6.26 Å². The minimum absolute atomic E-state index is 0.752. The molecule has 3 heteroatoms. The molecule has 66 valence electrons. The molecule has 0 amide bonds. The van der Waals surface area contributed by atoms with Gasteiger partial charge in [-0.3, -0.25) is 0 Å². The van der Waals surface area contributed by atoms with Crippen LogP contribution in [0.4, 0.5) is 0 Å². The molecule has 0 atom stereocenters. The van der Waals surface area contributed by atoms with E-state index in [2.05, 4.69) is 18.4 Å². The molecule has 13 heavy (non-hydrogen) atoms. The molecule has 0 fully saturated rings. The third kappa shape index (κ3) is 3.30. The van der Waals surface area contributed by atoms with Crippen LogP contribution in [0.3, 0.4) is 0 Å². The van der Waals surface area contributed by atoms with E-state index in [-0.39, 0.29) is 0 Å². The van der Waals surface area contributed by atoms with Gasteiger partial charge >= 0.3 is 0 Å². The summed E-state index contributed by atoms with van der Waals surface area (Å²) >= 11 is 1.72. The van der Waals surface area contributed by atoms with E-state index in [9.17, 15) is 0 Å². The van der Waals surface area contributed by atoms with Crippen molar-refractivity contribution >= 4 is 11.8 Å². The van der Waals surface area contributed by atoms with E-state index in [1.165, 1.54) is 11.0 Å². The van der Waals surface area contributed by atoms with Gasteiger partial charge < -0.3 is 0 Å². The normalized spacial score (nSPS) is 10.2. The Morgan fingerprint density at radius 3 is 2.77 bits per heavy atom. The molecule has 0 aliphatic carbocycles. The number of pyridine rings is 1. The van der Waals surface area contributed by atoms with Crippen molar-refractivity contribution in [1.82, 2.24) is 0 Å². The molecule has 0 aliphatic heterocycles. The number of hydrogen-bond donors (Lipinski definition) is 0. The summed E-state index contributed by atoms with van der Waals surface area (Å²) in [6.45, 7) is 0.752. The molecule has 0 N–H and O–H groups in total. The van der Waals surface area contributed by atoms with E-state index in [1.54, 1.807) is 11.8 Å². The Kier molecular flexibility index (Phi) is 4.07. The van der Waals surface area contributed by atoms with Crippen molar-refractivity contribution in [3.63, 3.8) is 0 Å². The molecule has 0 saturated heterocycles. The highest BCUT2D eigenvalue weighted by Crippen LogP contribution is 2.10. The van der Waals surface area contributed by atoms with Crippen molar-refractivity contribution in [2.45, 2.75) is 11.4 Å². The SMILES string of the molecule is CSc1cc[n+](C/C=C/C#N)cc1. The molecule has 0 aliphatic rings. The van der Waals surface area contributed by atoms with Crippen molar-refractivity contribution < 1.29 is 4.57 Å². The number of aromatic nitrogens is 1. The van der Waals surface area contributed by atoms with E-state index >= 15 is 0 Å². The van der Waals surface area contributed by atoms with Crippen LogP contribution in [0.2, 0.25) is 0 Å². The maximum Gasteiger partial charge on any atom is 0.170 e. The average Bonchev–Trinajstić information content (AvgIpc) is 2.19. The summed E-state index contributed by atoms with van der Waals surface area (Å²) in [7, 11) is 0. The van der Waals surface area contributed by atoms with E-state index < -0.39 is 0 Å². The van der Waals surface area contributed by atoms with Crippen LogP contribution in [0, 0.1) is 11.3 Å². The van der Waals surface area contributed by atoms with E-state index in [0.717, 1.165) is 6.54 Å². The zero-order chi connectivity index (χ0) is 9.52. The maximum atomic E-state index is 8.28. The Morgan fingerprint density at radius 2 is 2.23 bits per heavy atom. The lowest BCUT2D eigenvalue weighted by atomic mass is 10.4.